The van der Waals surface area contributed by atoms with Crippen LogP contribution in [0.25, 0.3) is 6.08 Å². The number of nitrogens with zero attached hydrogens (tertiary/aromatic N) is 1. The van der Waals surface area contributed by atoms with Gasteiger partial charge in [0.25, 0.3) is 0 Å². The van der Waals surface area contributed by atoms with Gasteiger partial charge in [0.15, 0.2) is 0 Å². The molecule has 1 aromatic rings. The summed E-state index contributed by atoms with van der Waals surface area (Å²) in [5, 5.41) is 8.96. The first-order chi connectivity index (χ1) is 9.15. The smallest absolute Gasteiger partial charge is 0.348 e. The molecule has 1 rings (SSSR count). The molecule has 0 atom stereocenters. The van der Waals surface area contributed by atoms with Crippen molar-refractivity contribution in [2.24, 2.45) is 0 Å². The van der Waals surface area contributed by atoms with Gasteiger partial charge in [-0.25, -0.2) is 4.79 Å². The Morgan fingerprint density at radius 2 is 2.11 bits per heavy atom. The molecule has 0 amide bonds. The number of hydrogen-bond acceptors (Lipinski definition) is 5. The zero-order valence-corrected chi connectivity index (χ0v) is 11.1. The van der Waals surface area contributed by atoms with Gasteiger partial charge in [-0.2, -0.15) is 5.26 Å². The van der Waals surface area contributed by atoms with Crippen LogP contribution in [0.15, 0.2) is 23.8 Å². The van der Waals surface area contributed by atoms with E-state index in [1.165, 1.54) is 13.2 Å². The lowest BCUT2D eigenvalue weighted by molar-refractivity contribution is -0.137. The average molecular weight is 261 g/mol. The van der Waals surface area contributed by atoms with E-state index in [-0.39, 0.29) is 12.2 Å². The van der Waals surface area contributed by atoms with Crippen molar-refractivity contribution in [1.82, 2.24) is 0 Å². The molecular formula is C14H15NO4. The molecule has 0 aliphatic carbocycles. The molecule has 0 heterocycles. The Labute approximate surface area is 112 Å². The largest absolute Gasteiger partial charge is 0.497 e. The highest BCUT2D eigenvalue weighted by molar-refractivity contribution is 5.98. The molecule has 0 unspecified atom stereocenters. The van der Waals surface area contributed by atoms with E-state index in [2.05, 4.69) is 0 Å². The minimum Gasteiger partial charge on any atom is -0.497 e. The monoisotopic (exact) mass is 261 g/mol. The molecule has 0 aromatic heterocycles. The first-order valence-electron chi connectivity index (χ1n) is 5.67. The maximum atomic E-state index is 11.5. The molecule has 0 saturated carbocycles. The molecule has 0 spiro atoms. The van der Waals surface area contributed by atoms with Gasteiger partial charge < -0.3 is 14.2 Å². The molecule has 0 saturated heterocycles. The van der Waals surface area contributed by atoms with Crippen LogP contribution in [0, 0.1) is 11.3 Å². The molecule has 0 fully saturated rings. The van der Waals surface area contributed by atoms with Crippen LogP contribution < -0.4 is 9.47 Å². The van der Waals surface area contributed by atoms with Crippen LogP contribution >= 0.6 is 0 Å². The summed E-state index contributed by atoms with van der Waals surface area (Å²) in [6, 6.07) is 6.91. The molecule has 5 heteroatoms. The summed E-state index contributed by atoms with van der Waals surface area (Å²) in [6.07, 6.45) is 1.43. The Bertz CT molecular complexity index is 529. The van der Waals surface area contributed by atoms with Gasteiger partial charge in [-0.3, -0.25) is 0 Å². The Morgan fingerprint density at radius 3 is 2.63 bits per heavy atom. The second-order valence-electron chi connectivity index (χ2n) is 3.50. The van der Waals surface area contributed by atoms with Crippen LogP contribution in [0.2, 0.25) is 0 Å². The van der Waals surface area contributed by atoms with Crippen molar-refractivity contribution in [2.75, 3.05) is 20.8 Å². The minimum atomic E-state index is -0.650. The number of nitriles is 1. The Balaban J connectivity index is 3.15. The number of esters is 1. The summed E-state index contributed by atoms with van der Waals surface area (Å²) in [4.78, 5) is 11.5. The minimum absolute atomic E-state index is 0.0784. The number of methoxy groups -OCH3 is 2. The van der Waals surface area contributed by atoms with E-state index >= 15 is 0 Å². The summed E-state index contributed by atoms with van der Waals surface area (Å²) in [7, 11) is 3.05. The highest BCUT2D eigenvalue weighted by Gasteiger charge is 2.11. The van der Waals surface area contributed by atoms with Crippen molar-refractivity contribution in [2.45, 2.75) is 6.92 Å². The highest BCUT2D eigenvalue weighted by Crippen LogP contribution is 2.26. The molecule has 0 aliphatic rings. The van der Waals surface area contributed by atoms with E-state index in [0.29, 0.717) is 17.1 Å². The summed E-state index contributed by atoms with van der Waals surface area (Å²) < 4.78 is 15.0. The summed E-state index contributed by atoms with van der Waals surface area (Å²) in [5.41, 5.74) is 0.526. The van der Waals surface area contributed by atoms with Crippen LogP contribution in [0.4, 0.5) is 0 Å². The third-order valence-corrected chi connectivity index (χ3v) is 2.36. The quantitative estimate of drug-likeness (QED) is 0.461. The van der Waals surface area contributed by atoms with Gasteiger partial charge in [0, 0.05) is 11.6 Å². The second kappa shape index (κ2) is 7.07. The summed E-state index contributed by atoms with van der Waals surface area (Å²) >= 11 is 0. The molecule has 0 bridgehead atoms. The molecule has 19 heavy (non-hydrogen) atoms. The van der Waals surface area contributed by atoms with Crippen molar-refractivity contribution in [3.8, 4) is 17.6 Å². The van der Waals surface area contributed by atoms with Crippen molar-refractivity contribution in [1.29, 1.82) is 5.26 Å². The third kappa shape index (κ3) is 3.75. The highest BCUT2D eigenvalue weighted by atomic mass is 16.5. The first-order valence-corrected chi connectivity index (χ1v) is 5.67. The fraction of sp³-hybridized carbons (Fsp3) is 0.286. The fourth-order valence-corrected chi connectivity index (χ4v) is 1.44. The van der Waals surface area contributed by atoms with Gasteiger partial charge in [0.05, 0.1) is 20.8 Å². The second-order valence-corrected chi connectivity index (χ2v) is 3.50. The lowest BCUT2D eigenvalue weighted by atomic mass is 10.1. The van der Waals surface area contributed by atoms with Gasteiger partial charge >= 0.3 is 5.97 Å². The van der Waals surface area contributed by atoms with Crippen molar-refractivity contribution in [3.05, 3.63) is 29.3 Å². The first kappa shape index (κ1) is 14.6. The SMILES string of the molecule is CCOC(=O)C(C#N)=Cc1ccc(OC)cc1OC. The van der Waals surface area contributed by atoms with Crippen LogP contribution in [-0.2, 0) is 9.53 Å². The van der Waals surface area contributed by atoms with Gasteiger partial charge in [0.1, 0.15) is 23.1 Å². The molecule has 0 N–H and O–H groups in total. The lowest BCUT2D eigenvalue weighted by Gasteiger charge is -2.07. The predicted octanol–water partition coefficient (Wildman–Crippen LogP) is 2.17. The Kier molecular flexibility index (Phi) is 5.42. The zero-order chi connectivity index (χ0) is 14.3. The number of benzene rings is 1. The predicted molar refractivity (Wildman–Crippen MR) is 69.8 cm³/mol. The fourth-order valence-electron chi connectivity index (χ4n) is 1.44. The van der Waals surface area contributed by atoms with Gasteiger partial charge in [-0.15, -0.1) is 0 Å². The molecule has 0 radical (unpaired) electrons. The number of carbonyl (C=O) groups excluding carboxylic acids is 1. The summed E-state index contributed by atoms with van der Waals surface area (Å²) in [5.74, 6) is 0.489. The van der Waals surface area contributed by atoms with Crippen molar-refractivity contribution < 1.29 is 19.0 Å². The maximum Gasteiger partial charge on any atom is 0.348 e. The van der Waals surface area contributed by atoms with E-state index < -0.39 is 5.97 Å². The number of hydrogen-bond donors (Lipinski definition) is 0. The molecular weight excluding hydrogens is 246 g/mol. The van der Waals surface area contributed by atoms with Crippen LogP contribution in [0.3, 0.4) is 0 Å². The van der Waals surface area contributed by atoms with Crippen LogP contribution in [0.1, 0.15) is 12.5 Å². The lowest BCUT2D eigenvalue weighted by Crippen LogP contribution is -2.06. The average Bonchev–Trinajstić information content (AvgIpc) is 2.44. The summed E-state index contributed by atoms with van der Waals surface area (Å²) in [6.45, 7) is 1.90. The van der Waals surface area contributed by atoms with Gasteiger partial charge in [-0.1, -0.05) is 0 Å². The van der Waals surface area contributed by atoms with E-state index in [0.717, 1.165) is 0 Å². The topological polar surface area (TPSA) is 68.6 Å². The number of ether oxygens (including phenoxy) is 3. The van der Waals surface area contributed by atoms with E-state index in [4.69, 9.17) is 19.5 Å². The molecule has 5 nitrogen and oxygen atoms in total. The van der Waals surface area contributed by atoms with Crippen LogP contribution in [-0.4, -0.2) is 26.8 Å². The third-order valence-electron chi connectivity index (χ3n) is 2.36. The standard InChI is InChI=1S/C14H15NO4/c1-4-19-14(16)11(9-15)7-10-5-6-12(17-2)8-13(10)18-3/h5-8H,4H2,1-3H3. The number of rotatable bonds is 5. The van der Waals surface area contributed by atoms with Crippen LogP contribution in [0.5, 0.6) is 11.5 Å². The van der Waals surface area contributed by atoms with E-state index in [1.807, 2.05) is 6.07 Å². The molecule has 0 aliphatic heterocycles. The van der Waals surface area contributed by atoms with Gasteiger partial charge in [-0.05, 0) is 25.1 Å². The number of carbonyl (C=O) groups is 1. The Hall–Kier alpha value is -2.48. The van der Waals surface area contributed by atoms with E-state index in [9.17, 15) is 4.79 Å². The normalized spacial score (nSPS) is 10.5. The van der Waals surface area contributed by atoms with Crippen molar-refractivity contribution >= 4 is 12.0 Å². The Morgan fingerprint density at radius 1 is 1.37 bits per heavy atom. The maximum absolute atomic E-state index is 11.5. The molecule has 100 valence electrons. The zero-order valence-electron chi connectivity index (χ0n) is 11.1. The van der Waals surface area contributed by atoms with Crippen molar-refractivity contribution in [3.63, 3.8) is 0 Å². The van der Waals surface area contributed by atoms with Gasteiger partial charge in [0.2, 0.25) is 0 Å². The molecule has 1 aromatic carbocycles. The van der Waals surface area contributed by atoms with E-state index in [1.54, 1.807) is 32.2 Å².